The van der Waals surface area contributed by atoms with Crippen LogP contribution in [0.5, 0.6) is 5.75 Å². The fourth-order valence-corrected chi connectivity index (χ4v) is 3.06. The van der Waals surface area contributed by atoms with E-state index in [1.165, 1.54) is 6.07 Å². The smallest absolute Gasteiger partial charge is 0.336 e. The van der Waals surface area contributed by atoms with Gasteiger partial charge in [0, 0.05) is 12.6 Å². The number of aliphatic hydroxyl groups is 1. The number of aliphatic hydroxyl groups excluding tert-OH is 1. The molecule has 0 saturated carbocycles. The number of rotatable bonds is 7. The Morgan fingerprint density at radius 1 is 1.21 bits per heavy atom. The van der Waals surface area contributed by atoms with Gasteiger partial charge in [-0.1, -0.05) is 37.3 Å². The molecule has 1 atom stereocenters. The van der Waals surface area contributed by atoms with Crippen LogP contribution < -0.4 is 15.7 Å². The molecule has 0 bridgehead atoms. The van der Waals surface area contributed by atoms with Gasteiger partial charge in [0.05, 0.1) is 11.5 Å². The minimum absolute atomic E-state index is 0.0931. The van der Waals surface area contributed by atoms with Crippen molar-refractivity contribution in [3.63, 3.8) is 0 Å². The number of hydrogen-bond donors (Lipinski definition) is 2. The highest BCUT2D eigenvalue weighted by atomic mass is 16.5. The van der Waals surface area contributed by atoms with Crippen molar-refractivity contribution in [1.29, 1.82) is 0 Å². The first-order valence-electron chi connectivity index (χ1n) is 9.17. The Balaban J connectivity index is 1.69. The van der Waals surface area contributed by atoms with Crippen molar-refractivity contribution in [2.75, 3.05) is 13.2 Å². The molecule has 3 aromatic rings. The molecule has 1 aromatic heterocycles. The molecule has 2 aromatic carbocycles. The Hall–Kier alpha value is -3.12. The van der Waals surface area contributed by atoms with E-state index < -0.39 is 11.7 Å². The van der Waals surface area contributed by atoms with Crippen LogP contribution in [0.15, 0.2) is 57.7 Å². The first kappa shape index (κ1) is 19.6. The Labute approximate surface area is 162 Å². The normalized spacial score (nSPS) is 12.0. The number of amides is 1. The van der Waals surface area contributed by atoms with Gasteiger partial charge in [-0.3, -0.25) is 4.79 Å². The topological polar surface area (TPSA) is 88.8 Å². The van der Waals surface area contributed by atoms with Crippen LogP contribution in [0, 0.1) is 6.92 Å². The summed E-state index contributed by atoms with van der Waals surface area (Å²) in [5.41, 5.74) is 2.43. The molecule has 0 aliphatic rings. The predicted molar refractivity (Wildman–Crippen MR) is 107 cm³/mol. The van der Waals surface area contributed by atoms with Crippen LogP contribution in [-0.2, 0) is 11.2 Å². The lowest BCUT2D eigenvalue weighted by Gasteiger charge is -2.14. The third kappa shape index (κ3) is 4.58. The molecule has 0 radical (unpaired) electrons. The summed E-state index contributed by atoms with van der Waals surface area (Å²) in [6, 6.07) is 14.2. The number of ether oxygens (including phenoxy) is 1. The lowest BCUT2D eigenvalue weighted by molar-refractivity contribution is -0.123. The molecule has 3 rings (SSSR count). The summed E-state index contributed by atoms with van der Waals surface area (Å²) in [5, 5.41) is 13.5. The second-order valence-corrected chi connectivity index (χ2v) is 6.60. The van der Waals surface area contributed by atoms with Crippen molar-refractivity contribution >= 4 is 16.9 Å². The number of aryl methyl sites for hydroxylation is 2. The maximum Gasteiger partial charge on any atom is 0.336 e. The van der Waals surface area contributed by atoms with E-state index >= 15 is 0 Å². The number of carbonyl (C=O) groups excluding carboxylic acids is 1. The summed E-state index contributed by atoms with van der Waals surface area (Å²) in [4.78, 5) is 23.9. The van der Waals surface area contributed by atoms with Crippen LogP contribution in [0.2, 0.25) is 0 Å². The molecule has 6 nitrogen and oxygen atoms in total. The molecule has 1 amide bonds. The number of fused-ring (bicyclic) bond motifs is 1. The molecule has 28 heavy (non-hydrogen) atoms. The highest BCUT2D eigenvalue weighted by Gasteiger charge is 2.14. The molecule has 1 heterocycles. The van der Waals surface area contributed by atoms with Crippen molar-refractivity contribution < 1.29 is 19.1 Å². The van der Waals surface area contributed by atoms with E-state index in [0.717, 1.165) is 16.7 Å². The highest BCUT2D eigenvalue weighted by molar-refractivity contribution is 5.88. The molecule has 0 aliphatic heterocycles. The highest BCUT2D eigenvalue weighted by Crippen LogP contribution is 2.30. The predicted octanol–water partition coefficient (Wildman–Crippen LogP) is 2.89. The number of nitrogens with one attached hydrogen (secondary N) is 1. The molecule has 0 unspecified atom stereocenters. The minimum atomic E-state index is -0.786. The maximum absolute atomic E-state index is 12.2. The molecule has 0 saturated heterocycles. The molecule has 0 aliphatic carbocycles. The van der Waals surface area contributed by atoms with Gasteiger partial charge in [0.1, 0.15) is 11.3 Å². The lowest BCUT2D eigenvalue weighted by Crippen LogP contribution is -2.32. The van der Waals surface area contributed by atoms with Crippen LogP contribution in [0.3, 0.4) is 0 Å². The van der Waals surface area contributed by atoms with E-state index in [1.54, 1.807) is 18.2 Å². The van der Waals surface area contributed by atoms with Gasteiger partial charge in [-0.2, -0.15) is 0 Å². The SMILES string of the molecule is CCc1cc(=O)oc2cc(C)cc(OCC(=O)NC[C@H](O)c3ccccc3)c12. The molecule has 146 valence electrons. The zero-order valence-electron chi connectivity index (χ0n) is 15.9. The van der Waals surface area contributed by atoms with Gasteiger partial charge in [0.2, 0.25) is 0 Å². The van der Waals surface area contributed by atoms with Gasteiger partial charge in [-0.15, -0.1) is 0 Å². The van der Waals surface area contributed by atoms with Crippen LogP contribution in [0.1, 0.15) is 29.7 Å². The monoisotopic (exact) mass is 381 g/mol. The minimum Gasteiger partial charge on any atom is -0.483 e. The van der Waals surface area contributed by atoms with E-state index in [9.17, 15) is 14.7 Å². The van der Waals surface area contributed by atoms with Crippen LogP contribution in [0.25, 0.3) is 11.0 Å². The van der Waals surface area contributed by atoms with E-state index in [4.69, 9.17) is 9.15 Å². The summed E-state index contributed by atoms with van der Waals surface area (Å²) in [6.45, 7) is 3.69. The van der Waals surface area contributed by atoms with Crippen LogP contribution in [-0.4, -0.2) is 24.2 Å². The Morgan fingerprint density at radius 2 is 1.96 bits per heavy atom. The van der Waals surface area contributed by atoms with E-state index in [2.05, 4.69) is 5.32 Å². The fourth-order valence-electron chi connectivity index (χ4n) is 3.06. The van der Waals surface area contributed by atoms with E-state index in [1.807, 2.05) is 38.1 Å². The van der Waals surface area contributed by atoms with Crippen molar-refractivity contribution in [2.45, 2.75) is 26.4 Å². The molecule has 6 heteroatoms. The summed E-state index contributed by atoms with van der Waals surface area (Å²) in [5.74, 6) is 0.148. The standard InChI is InChI=1S/C22H23NO5/c1-3-15-11-21(26)28-19-10-14(2)9-18(22(15)19)27-13-20(25)23-12-17(24)16-7-5-4-6-8-16/h4-11,17,24H,3,12-13H2,1-2H3,(H,23,25)/t17-/m0/s1. The van der Waals surface area contributed by atoms with Crippen molar-refractivity contribution in [3.05, 3.63) is 75.6 Å². The van der Waals surface area contributed by atoms with Gasteiger partial charge < -0.3 is 19.6 Å². The first-order valence-corrected chi connectivity index (χ1v) is 9.17. The number of benzene rings is 2. The van der Waals surface area contributed by atoms with Gasteiger partial charge >= 0.3 is 5.63 Å². The van der Waals surface area contributed by atoms with Crippen molar-refractivity contribution in [3.8, 4) is 5.75 Å². The molecular weight excluding hydrogens is 358 g/mol. The quantitative estimate of drug-likeness (QED) is 0.615. The van der Waals surface area contributed by atoms with Crippen LogP contribution >= 0.6 is 0 Å². The summed E-state index contributed by atoms with van der Waals surface area (Å²) >= 11 is 0. The number of carbonyl (C=O) groups is 1. The van der Waals surface area contributed by atoms with Gasteiger partial charge in [-0.25, -0.2) is 4.79 Å². The van der Waals surface area contributed by atoms with E-state index in [0.29, 0.717) is 23.1 Å². The molecule has 2 N–H and O–H groups in total. The zero-order valence-corrected chi connectivity index (χ0v) is 15.9. The number of hydrogen-bond acceptors (Lipinski definition) is 5. The second kappa shape index (κ2) is 8.71. The first-order chi connectivity index (χ1) is 13.5. The van der Waals surface area contributed by atoms with Gasteiger partial charge in [0.15, 0.2) is 6.61 Å². The Kier molecular flexibility index (Phi) is 6.11. The molecule has 0 spiro atoms. The summed E-state index contributed by atoms with van der Waals surface area (Å²) in [7, 11) is 0. The third-order valence-electron chi connectivity index (χ3n) is 4.45. The Morgan fingerprint density at radius 3 is 2.68 bits per heavy atom. The van der Waals surface area contributed by atoms with Crippen molar-refractivity contribution in [2.24, 2.45) is 0 Å². The summed E-state index contributed by atoms with van der Waals surface area (Å²) in [6.07, 6.45) is -0.150. The average Bonchev–Trinajstić information content (AvgIpc) is 2.69. The van der Waals surface area contributed by atoms with Gasteiger partial charge in [-0.05, 0) is 42.2 Å². The van der Waals surface area contributed by atoms with E-state index in [-0.39, 0.29) is 19.1 Å². The van der Waals surface area contributed by atoms with Crippen LogP contribution in [0.4, 0.5) is 0 Å². The average molecular weight is 381 g/mol. The maximum atomic E-state index is 12.2. The largest absolute Gasteiger partial charge is 0.483 e. The third-order valence-corrected chi connectivity index (χ3v) is 4.45. The van der Waals surface area contributed by atoms with Gasteiger partial charge in [0.25, 0.3) is 5.91 Å². The fraction of sp³-hybridized carbons (Fsp3) is 0.273. The summed E-state index contributed by atoms with van der Waals surface area (Å²) < 4.78 is 11.0. The zero-order chi connectivity index (χ0) is 20.1. The molecule has 0 fully saturated rings. The Bertz CT molecular complexity index is 1030. The molecular formula is C22H23NO5. The second-order valence-electron chi connectivity index (χ2n) is 6.60. The lowest BCUT2D eigenvalue weighted by atomic mass is 10.1. The van der Waals surface area contributed by atoms with Crippen molar-refractivity contribution in [1.82, 2.24) is 5.32 Å².